The Morgan fingerprint density at radius 1 is 0.938 bits per heavy atom. The fourth-order valence-corrected chi connectivity index (χ4v) is 3.83. The molecule has 0 radical (unpaired) electrons. The number of piperazine rings is 1. The molecule has 4 rings (SSSR count). The number of hydrogen-bond acceptors (Lipinski definition) is 4. The molecule has 0 spiro atoms. The molecule has 0 atom stereocenters. The lowest BCUT2D eigenvalue weighted by atomic mass is 10.1. The number of carbonyl (C=O) groups is 3. The minimum atomic E-state index is -0.148. The molecule has 1 saturated carbocycles. The van der Waals surface area contributed by atoms with Crippen LogP contribution in [0.4, 0.5) is 5.69 Å². The number of nitrogens with one attached hydrogen (secondary N) is 2. The van der Waals surface area contributed by atoms with E-state index in [2.05, 4.69) is 15.5 Å². The molecule has 2 aromatic carbocycles. The first-order chi connectivity index (χ1) is 15.5. The number of para-hydroxylation sites is 1. The fourth-order valence-electron chi connectivity index (χ4n) is 3.70. The van der Waals surface area contributed by atoms with Crippen LogP contribution >= 0.6 is 11.6 Å². The monoisotopic (exact) mass is 454 g/mol. The van der Waals surface area contributed by atoms with Gasteiger partial charge in [-0.2, -0.15) is 0 Å². The summed E-state index contributed by atoms with van der Waals surface area (Å²) < 4.78 is 0. The number of benzene rings is 2. The largest absolute Gasteiger partial charge is 0.349 e. The van der Waals surface area contributed by atoms with E-state index in [1.807, 2.05) is 4.90 Å². The maximum absolute atomic E-state index is 12.6. The summed E-state index contributed by atoms with van der Waals surface area (Å²) in [5.74, 6) is -0.277. The molecular weight excluding hydrogens is 428 g/mol. The van der Waals surface area contributed by atoms with Crippen LogP contribution in [0.3, 0.4) is 0 Å². The molecule has 0 unspecified atom stereocenters. The molecule has 2 N–H and O–H groups in total. The summed E-state index contributed by atoms with van der Waals surface area (Å²) in [6, 6.07) is 14.3. The van der Waals surface area contributed by atoms with E-state index in [0.717, 1.165) is 12.8 Å². The third-order valence-electron chi connectivity index (χ3n) is 5.76. The van der Waals surface area contributed by atoms with Gasteiger partial charge in [0.15, 0.2) is 0 Å². The summed E-state index contributed by atoms with van der Waals surface area (Å²) >= 11 is 5.89. The summed E-state index contributed by atoms with van der Waals surface area (Å²) in [6.07, 6.45) is 2.35. The van der Waals surface area contributed by atoms with Crippen LogP contribution in [0.2, 0.25) is 5.02 Å². The van der Waals surface area contributed by atoms with E-state index in [0.29, 0.717) is 61.0 Å². The van der Waals surface area contributed by atoms with Crippen molar-refractivity contribution in [1.29, 1.82) is 0 Å². The molecule has 1 heterocycles. The van der Waals surface area contributed by atoms with Crippen molar-refractivity contribution < 1.29 is 14.4 Å². The zero-order chi connectivity index (χ0) is 22.5. The Hall–Kier alpha value is -2.90. The van der Waals surface area contributed by atoms with Gasteiger partial charge in [0.25, 0.3) is 11.8 Å². The lowest BCUT2D eigenvalue weighted by Crippen LogP contribution is -2.49. The second-order valence-corrected chi connectivity index (χ2v) is 8.67. The Balaban J connectivity index is 1.23. The molecule has 7 nitrogen and oxygen atoms in total. The van der Waals surface area contributed by atoms with Crippen molar-refractivity contribution in [2.75, 3.05) is 38.0 Å². The standard InChI is InChI=1S/C24H27ClN4O3/c25-18-7-5-17(6-8-18)24(32)29-15-13-28(14-16-29)12-11-22(30)27-21-4-2-1-3-20(21)23(31)26-19-9-10-19/h1-8,19H,9-16H2,(H,26,31)(H,27,30). The van der Waals surface area contributed by atoms with E-state index >= 15 is 0 Å². The molecule has 0 aromatic heterocycles. The lowest BCUT2D eigenvalue weighted by molar-refractivity contribution is -0.116. The first-order valence-electron chi connectivity index (χ1n) is 11.0. The van der Waals surface area contributed by atoms with Gasteiger partial charge in [-0.25, -0.2) is 0 Å². The van der Waals surface area contributed by atoms with Crippen LogP contribution in [0, 0.1) is 0 Å². The summed E-state index contributed by atoms with van der Waals surface area (Å²) in [7, 11) is 0. The van der Waals surface area contributed by atoms with Gasteiger partial charge in [0, 0.05) is 55.8 Å². The van der Waals surface area contributed by atoms with Crippen LogP contribution in [-0.2, 0) is 4.79 Å². The maximum atomic E-state index is 12.6. The minimum Gasteiger partial charge on any atom is -0.349 e. The molecule has 1 saturated heterocycles. The van der Waals surface area contributed by atoms with Crippen LogP contribution < -0.4 is 10.6 Å². The van der Waals surface area contributed by atoms with E-state index in [9.17, 15) is 14.4 Å². The Morgan fingerprint density at radius 3 is 2.31 bits per heavy atom. The summed E-state index contributed by atoms with van der Waals surface area (Å²) in [6.45, 7) is 3.27. The van der Waals surface area contributed by atoms with Crippen LogP contribution in [-0.4, -0.2) is 66.3 Å². The molecule has 2 aliphatic rings. The Morgan fingerprint density at radius 2 is 1.62 bits per heavy atom. The number of rotatable bonds is 7. The topological polar surface area (TPSA) is 81.8 Å². The Labute approximate surface area is 192 Å². The van der Waals surface area contributed by atoms with Gasteiger partial charge in [-0.1, -0.05) is 23.7 Å². The summed E-state index contributed by atoms with van der Waals surface area (Å²) in [5.41, 5.74) is 1.66. The predicted molar refractivity (Wildman–Crippen MR) is 124 cm³/mol. The highest BCUT2D eigenvalue weighted by atomic mass is 35.5. The zero-order valence-electron chi connectivity index (χ0n) is 17.9. The molecule has 2 aromatic rings. The van der Waals surface area contributed by atoms with Gasteiger partial charge >= 0.3 is 0 Å². The van der Waals surface area contributed by atoms with Crippen molar-refractivity contribution in [2.45, 2.75) is 25.3 Å². The third-order valence-corrected chi connectivity index (χ3v) is 6.02. The SMILES string of the molecule is O=C(CCN1CCN(C(=O)c2ccc(Cl)cc2)CC1)Nc1ccccc1C(=O)NC1CC1. The highest BCUT2D eigenvalue weighted by Crippen LogP contribution is 2.22. The van der Waals surface area contributed by atoms with Gasteiger partial charge in [-0.05, 0) is 49.2 Å². The van der Waals surface area contributed by atoms with Gasteiger partial charge in [0.2, 0.25) is 5.91 Å². The molecular formula is C24H27ClN4O3. The fraction of sp³-hybridized carbons (Fsp3) is 0.375. The maximum Gasteiger partial charge on any atom is 0.253 e. The average molecular weight is 455 g/mol. The number of hydrogen-bond donors (Lipinski definition) is 2. The van der Waals surface area contributed by atoms with E-state index < -0.39 is 0 Å². The number of amides is 3. The molecule has 1 aliphatic heterocycles. The van der Waals surface area contributed by atoms with Gasteiger partial charge in [-0.15, -0.1) is 0 Å². The van der Waals surface area contributed by atoms with Crippen molar-refractivity contribution in [2.24, 2.45) is 0 Å². The molecule has 2 fully saturated rings. The van der Waals surface area contributed by atoms with Gasteiger partial charge < -0.3 is 15.5 Å². The second-order valence-electron chi connectivity index (χ2n) is 8.23. The normalized spacial score (nSPS) is 16.5. The molecule has 168 valence electrons. The first-order valence-corrected chi connectivity index (χ1v) is 11.3. The van der Waals surface area contributed by atoms with E-state index in [1.165, 1.54) is 0 Å². The Bertz CT molecular complexity index is 983. The van der Waals surface area contributed by atoms with Crippen LogP contribution in [0.1, 0.15) is 40.0 Å². The zero-order valence-corrected chi connectivity index (χ0v) is 18.6. The second kappa shape index (κ2) is 10.1. The number of anilines is 1. The van der Waals surface area contributed by atoms with Crippen molar-refractivity contribution >= 4 is 35.0 Å². The molecule has 8 heteroatoms. The van der Waals surface area contributed by atoms with Crippen molar-refractivity contribution in [3.63, 3.8) is 0 Å². The van der Waals surface area contributed by atoms with Gasteiger partial charge in [0.1, 0.15) is 0 Å². The van der Waals surface area contributed by atoms with Gasteiger partial charge in [0.05, 0.1) is 11.3 Å². The van der Waals surface area contributed by atoms with E-state index in [4.69, 9.17) is 11.6 Å². The molecule has 3 amide bonds. The summed E-state index contributed by atoms with van der Waals surface area (Å²) in [4.78, 5) is 41.5. The number of halogens is 1. The highest BCUT2D eigenvalue weighted by Gasteiger charge is 2.25. The van der Waals surface area contributed by atoms with E-state index in [-0.39, 0.29) is 23.8 Å². The van der Waals surface area contributed by atoms with Crippen LogP contribution in [0.15, 0.2) is 48.5 Å². The Kier molecular flexibility index (Phi) is 7.07. The van der Waals surface area contributed by atoms with Gasteiger partial charge in [-0.3, -0.25) is 19.3 Å². The van der Waals surface area contributed by atoms with Crippen molar-refractivity contribution in [1.82, 2.24) is 15.1 Å². The average Bonchev–Trinajstić information content (AvgIpc) is 3.62. The molecule has 0 bridgehead atoms. The quantitative estimate of drug-likeness (QED) is 0.673. The predicted octanol–water partition coefficient (Wildman–Crippen LogP) is 3.02. The first kappa shape index (κ1) is 22.3. The summed E-state index contributed by atoms with van der Waals surface area (Å²) in [5, 5.41) is 6.44. The third kappa shape index (κ3) is 5.87. The van der Waals surface area contributed by atoms with Crippen molar-refractivity contribution in [3.05, 3.63) is 64.7 Å². The highest BCUT2D eigenvalue weighted by molar-refractivity contribution is 6.30. The molecule has 32 heavy (non-hydrogen) atoms. The van der Waals surface area contributed by atoms with E-state index in [1.54, 1.807) is 48.5 Å². The number of carbonyl (C=O) groups excluding carboxylic acids is 3. The lowest BCUT2D eigenvalue weighted by Gasteiger charge is -2.34. The minimum absolute atomic E-state index is 0.000131. The van der Waals surface area contributed by atoms with Crippen LogP contribution in [0.5, 0.6) is 0 Å². The van der Waals surface area contributed by atoms with Crippen molar-refractivity contribution in [3.8, 4) is 0 Å². The smallest absolute Gasteiger partial charge is 0.253 e. The number of nitrogens with zero attached hydrogens (tertiary/aromatic N) is 2. The molecule has 1 aliphatic carbocycles. The van der Waals surface area contributed by atoms with Crippen LogP contribution in [0.25, 0.3) is 0 Å².